The van der Waals surface area contributed by atoms with E-state index in [2.05, 4.69) is 34.5 Å². The summed E-state index contributed by atoms with van der Waals surface area (Å²) in [6.07, 6.45) is 0. The van der Waals surface area contributed by atoms with E-state index >= 15 is 0 Å². The van der Waals surface area contributed by atoms with Crippen LogP contribution in [0.15, 0.2) is 48.5 Å². The van der Waals surface area contributed by atoms with Crippen molar-refractivity contribution < 1.29 is 14.3 Å². The number of ether oxygens (including phenoxy) is 1. The van der Waals surface area contributed by atoms with Gasteiger partial charge in [-0.05, 0) is 28.8 Å². The standard InChI is InChI=1S/C26H32N4O3/c1-28(2)26(32)21-9-5-19(6-10-21)18-3-7-20(8-4-18)25-22-15-30(16-23(25)27-22)24(31)17-29-11-13-33-14-12-29/h3-10,22-23,25,27H,11-17H2,1-2H3/t22-,23+,25?. The maximum Gasteiger partial charge on any atom is 0.253 e. The average molecular weight is 449 g/mol. The normalized spacial score (nSPS) is 24.8. The van der Waals surface area contributed by atoms with Crippen LogP contribution in [0.4, 0.5) is 0 Å². The van der Waals surface area contributed by atoms with Crippen LogP contribution in [-0.2, 0) is 9.53 Å². The Morgan fingerprint density at radius 1 is 0.939 bits per heavy atom. The zero-order valence-corrected chi connectivity index (χ0v) is 19.4. The van der Waals surface area contributed by atoms with Gasteiger partial charge in [0.15, 0.2) is 0 Å². The van der Waals surface area contributed by atoms with Crippen molar-refractivity contribution in [1.29, 1.82) is 0 Å². The van der Waals surface area contributed by atoms with Crippen molar-refractivity contribution in [3.63, 3.8) is 0 Å². The van der Waals surface area contributed by atoms with Crippen LogP contribution in [0.1, 0.15) is 21.8 Å². The van der Waals surface area contributed by atoms with Gasteiger partial charge in [-0.25, -0.2) is 0 Å². The molecule has 4 aliphatic heterocycles. The maximum atomic E-state index is 12.8. The lowest BCUT2D eigenvalue weighted by molar-refractivity contribution is -0.138. The monoisotopic (exact) mass is 448 g/mol. The summed E-state index contributed by atoms with van der Waals surface area (Å²) < 4.78 is 5.38. The van der Waals surface area contributed by atoms with E-state index in [1.807, 2.05) is 29.2 Å². The highest BCUT2D eigenvalue weighted by atomic mass is 16.5. The first-order valence-corrected chi connectivity index (χ1v) is 11.8. The van der Waals surface area contributed by atoms with Gasteiger partial charge in [0.1, 0.15) is 0 Å². The van der Waals surface area contributed by atoms with E-state index in [0.717, 1.165) is 50.5 Å². The highest BCUT2D eigenvalue weighted by Gasteiger charge is 2.48. The van der Waals surface area contributed by atoms with Crippen LogP contribution in [-0.4, -0.2) is 98.6 Å². The first-order chi connectivity index (χ1) is 16.0. The average Bonchev–Trinajstić information content (AvgIpc) is 2.85. The van der Waals surface area contributed by atoms with Gasteiger partial charge in [-0.2, -0.15) is 0 Å². The Morgan fingerprint density at radius 2 is 1.52 bits per heavy atom. The van der Waals surface area contributed by atoms with Crippen LogP contribution in [0, 0.1) is 0 Å². The number of piperazine rings is 1. The Labute approximate surface area is 195 Å². The zero-order valence-electron chi connectivity index (χ0n) is 19.4. The van der Waals surface area contributed by atoms with Gasteiger partial charge in [0.25, 0.3) is 5.91 Å². The molecule has 0 spiro atoms. The summed E-state index contributed by atoms with van der Waals surface area (Å²) in [7, 11) is 3.53. The maximum absolute atomic E-state index is 12.8. The number of amides is 2. The zero-order chi connectivity index (χ0) is 22.9. The number of rotatable bonds is 5. The molecule has 0 radical (unpaired) electrons. The van der Waals surface area contributed by atoms with E-state index < -0.39 is 0 Å². The smallest absolute Gasteiger partial charge is 0.253 e. The van der Waals surface area contributed by atoms with E-state index in [-0.39, 0.29) is 11.8 Å². The summed E-state index contributed by atoms with van der Waals surface area (Å²) in [5.41, 5.74) is 4.26. The first kappa shape index (κ1) is 22.1. The highest BCUT2D eigenvalue weighted by molar-refractivity contribution is 5.94. The number of benzene rings is 2. The lowest BCUT2D eigenvalue weighted by atomic mass is 9.74. The van der Waals surface area contributed by atoms with Gasteiger partial charge in [-0.3, -0.25) is 14.5 Å². The van der Waals surface area contributed by atoms with Crippen molar-refractivity contribution in [3.05, 3.63) is 59.7 Å². The fraction of sp³-hybridized carbons (Fsp3) is 0.462. The molecule has 4 heterocycles. The Kier molecular flexibility index (Phi) is 6.19. The number of nitrogens with one attached hydrogen (secondary N) is 1. The second kappa shape index (κ2) is 9.25. The minimum Gasteiger partial charge on any atom is -0.379 e. The largest absolute Gasteiger partial charge is 0.379 e. The molecule has 2 aromatic carbocycles. The van der Waals surface area contributed by atoms with Gasteiger partial charge in [-0.1, -0.05) is 36.4 Å². The summed E-state index contributed by atoms with van der Waals surface area (Å²) in [5, 5.41) is 3.63. The third-order valence-electron chi connectivity index (χ3n) is 7.11. The molecule has 7 nitrogen and oxygen atoms in total. The highest BCUT2D eigenvalue weighted by Crippen LogP contribution is 2.37. The molecule has 4 aliphatic rings. The third kappa shape index (κ3) is 4.53. The second-order valence-electron chi connectivity index (χ2n) is 9.49. The summed E-state index contributed by atoms with van der Waals surface area (Å²) >= 11 is 0. The lowest BCUT2D eigenvalue weighted by Crippen LogP contribution is -2.72. The van der Waals surface area contributed by atoms with Crippen LogP contribution in [0.5, 0.6) is 0 Å². The number of piperidine rings is 1. The van der Waals surface area contributed by atoms with Crippen molar-refractivity contribution >= 4 is 11.8 Å². The van der Waals surface area contributed by atoms with Crippen LogP contribution in [0.25, 0.3) is 11.1 Å². The van der Waals surface area contributed by atoms with E-state index in [9.17, 15) is 9.59 Å². The number of carbonyl (C=O) groups excluding carboxylic acids is 2. The van der Waals surface area contributed by atoms with Gasteiger partial charge in [0.2, 0.25) is 5.91 Å². The lowest BCUT2D eigenvalue weighted by Gasteiger charge is -2.55. The second-order valence-corrected chi connectivity index (χ2v) is 9.49. The number of fused-ring (bicyclic) bond motifs is 2. The van der Waals surface area contributed by atoms with Gasteiger partial charge < -0.3 is 19.9 Å². The minimum atomic E-state index is 0.0124. The molecule has 0 aliphatic carbocycles. The van der Waals surface area contributed by atoms with Gasteiger partial charge in [0, 0.05) is 63.8 Å². The fourth-order valence-corrected chi connectivity index (χ4v) is 5.21. The summed E-state index contributed by atoms with van der Waals surface area (Å²) in [6.45, 7) is 5.16. The van der Waals surface area contributed by atoms with E-state index in [4.69, 9.17) is 4.74 Å². The van der Waals surface area contributed by atoms with Crippen molar-refractivity contribution in [2.45, 2.75) is 18.0 Å². The molecule has 2 bridgehead atoms. The van der Waals surface area contributed by atoms with Crippen molar-refractivity contribution in [3.8, 4) is 11.1 Å². The molecular weight excluding hydrogens is 416 g/mol. The third-order valence-corrected chi connectivity index (χ3v) is 7.11. The minimum absolute atomic E-state index is 0.0124. The SMILES string of the molecule is CN(C)C(=O)c1ccc(-c2ccc(C3[C@@H]4CN(C(=O)CN5CCOCC5)C[C@H]3N4)cc2)cc1. The fourth-order valence-electron chi connectivity index (χ4n) is 5.21. The molecule has 0 saturated carbocycles. The molecule has 1 unspecified atom stereocenters. The molecule has 0 aromatic heterocycles. The number of morpholine rings is 1. The number of carbonyl (C=O) groups is 2. The molecule has 3 atom stereocenters. The van der Waals surface area contributed by atoms with Crippen molar-refractivity contribution in [1.82, 2.24) is 20.0 Å². The Hall–Kier alpha value is -2.74. The van der Waals surface area contributed by atoms with Gasteiger partial charge in [-0.15, -0.1) is 0 Å². The van der Waals surface area contributed by atoms with Crippen LogP contribution < -0.4 is 5.32 Å². The molecular formula is C26H32N4O3. The molecule has 4 fully saturated rings. The predicted octanol–water partition coefficient (Wildman–Crippen LogP) is 1.65. The summed E-state index contributed by atoms with van der Waals surface area (Å²) in [4.78, 5) is 30.7. The first-order valence-electron chi connectivity index (χ1n) is 11.8. The Bertz CT molecular complexity index is 987. The molecule has 174 valence electrons. The predicted molar refractivity (Wildman–Crippen MR) is 127 cm³/mol. The van der Waals surface area contributed by atoms with E-state index in [1.54, 1.807) is 19.0 Å². The van der Waals surface area contributed by atoms with Gasteiger partial charge in [0.05, 0.1) is 19.8 Å². The van der Waals surface area contributed by atoms with Crippen molar-refractivity contribution in [2.75, 3.05) is 60.0 Å². The molecule has 4 saturated heterocycles. The molecule has 2 amide bonds. The molecule has 1 N–H and O–H groups in total. The number of hydrogen-bond acceptors (Lipinski definition) is 5. The van der Waals surface area contributed by atoms with Crippen LogP contribution in [0.3, 0.4) is 0 Å². The topological polar surface area (TPSA) is 65.1 Å². The number of nitrogens with zero attached hydrogens (tertiary/aromatic N) is 3. The van der Waals surface area contributed by atoms with Gasteiger partial charge >= 0.3 is 0 Å². The van der Waals surface area contributed by atoms with E-state index in [1.165, 1.54) is 5.56 Å². The molecule has 6 rings (SSSR count). The Balaban J connectivity index is 1.19. The molecule has 7 heteroatoms. The summed E-state index contributed by atoms with van der Waals surface area (Å²) in [6, 6.07) is 17.2. The molecule has 2 aromatic rings. The van der Waals surface area contributed by atoms with E-state index in [0.29, 0.717) is 30.1 Å². The quantitative estimate of drug-likeness (QED) is 0.754. The van der Waals surface area contributed by atoms with Crippen LogP contribution in [0.2, 0.25) is 0 Å². The molecule has 33 heavy (non-hydrogen) atoms. The summed E-state index contributed by atoms with van der Waals surface area (Å²) in [5.74, 6) is 0.698. The van der Waals surface area contributed by atoms with Crippen LogP contribution >= 0.6 is 0 Å². The Morgan fingerprint density at radius 3 is 2.09 bits per heavy atom. The number of hydrogen-bond donors (Lipinski definition) is 1. The van der Waals surface area contributed by atoms with Crippen molar-refractivity contribution in [2.24, 2.45) is 0 Å².